The molecule has 0 aliphatic heterocycles. The van der Waals surface area contributed by atoms with E-state index >= 15 is 0 Å². The summed E-state index contributed by atoms with van der Waals surface area (Å²) in [5.41, 5.74) is 5.72. The lowest BCUT2D eigenvalue weighted by Crippen LogP contribution is -2.53. The summed E-state index contributed by atoms with van der Waals surface area (Å²) in [5.74, 6) is -0.460. The third-order valence-electron chi connectivity index (χ3n) is 4.84. The molecule has 1 aliphatic rings. The first-order valence-electron chi connectivity index (χ1n) is 7.15. The van der Waals surface area contributed by atoms with E-state index in [2.05, 4.69) is 0 Å². The number of halogens is 2. The van der Waals surface area contributed by atoms with Crippen LogP contribution in [0.25, 0.3) is 0 Å². The van der Waals surface area contributed by atoms with Crippen LogP contribution in [-0.2, 0) is 4.79 Å². The number of aliphatic hydroxyl groups excluding tert-OH is 1. The number of rotatable bonds is 5. The lowest BCUT2D eigenvalue weighted by molar-refractivity contribution is -0.146. The Bertz CT molecular complexity index is 337. The van der Waals surface area contributed by atoms with Crippen LogP contribution in [-0.4, -0.2) is 48.1 Å². The van der Waals surface area contributed by atoms with Crippen molar-refractivity contribution in [3.8, 4) is 0 Å². The molecule has 3 N–H and O–H groups in total. The summed E-state index contributed by atoms with van der Waals surface area (Å²) < 4.78 is 25.1. The van der Waals surface area contributed by atoms with Crippen molar-refractivity contribution in [1.29, 1.82) is 0 Å². The number of carbonyl (C=O) groups is 1. The Morgan fingerprint density at radius 3 is 2.55 bits per heavy atom. The van der Waals surface area contributed by atoms with Crippen molar-refractivity contribution >= 4 is 5.91 Å². The third-order valence-corrected chi connectivity index (χ3v) is 4.84. The van der Waals surface area contributed by atoms with Gasteiger partial charge in [-0.15, -0.1) is 0 Å². The molecule has 3 unspecified atom stereocenters. The van der Waals surface area contributed by atoms with Crippen molar-refractivity contribution in [2.24, 2.45) is 23.0 Å². The molecule has 4 nitrogen and oxygen atoms in total. The lowest BCUT2D eigenvalue weighted by Gasteiger charge is -2.47. The summed E-state index contributed by atoms with van der Waals surface area (Å²) in [6.07, 6.45) is -1.25. The first-order chi connectivity index (χ1) is 9.21. The van der Waals surface area contributed by atoms with Gasteiger partial charge in [0.25, 0.3) is 6.43 Å². The molecule has 20 heavy (non-hydrogen) atoms. The summed E-state index contributed by atoms with van der Waals surface area (Å²) >= 11 is 0. The van der Waals surface area contributed by atoms with Crippen molar-refractivity contribution in [3.63, 3.8) is 0 Å². The molecule has 3 atom stereocenters. The highest BCUT2D eigenvalue weighted by atomic mass is 19.3. The van der Waals surface area contributed by atoms with Gasteiger partial charge in [-0.2, -0.15) is 0 Å². The van der Waals surface area contributed by atoms with E-state index in [9.17, 15) is 13.6 Å². The fourth-order valence-corrected chi connectivity index (χ4v) is 3.09. The molecule has 0 aromatic rings. The van der Waals surface area contributed by atoms with Crippen LogP contribution in [0.3, 0.4) is 0 Å². The highest BCUT2D eigenvalue weighted by Crippen LogP contribution is 2.45. The van der Waals surface area contributed by atoms with Gasteiger partial charge in [0, 0.05) is 18.5 Å². The lowest BCUT2D eigenvalue weighted by atomic mass is 9.60. The zero-order valence-corrected chi connectivity index (χ0v) is 12.5. The Morgan fingerprint density at radius 1 is 1.45 bits per heavy atom. The molecule has 1 aliphatic carbocycles. The average molecular weight is 292 g/mol. The van der Waals surface area contributed by atoms with E-state index in [4.69, 9.17) is 10.8 Å². The molecule has 0 aromatic heterocycles. The smallest absolute Gasteiger partial charge is 0.255 e. The maximum Gasteiger partial charge on any atom is 0.255 e. The van der Waals surface area contributed by atoms with Gasteiger partial charge in [0.1, 0.15) is 0 Å². The van der Waals surface area contributed by atoms with Gasteiger partial charge >= 0.3 is 0 Å². The highest BCUT2D eigenvalue weighted by molar-refractivity contribution is 5.80. The minimum atomic E-state index is -2.59. The molecule has 0 aromatic carbocycles. The van der Waals surface area contributed by atoms with E-state index in [1.54, 1.807) is 0 Å². The third kappa shape index (κ3) is 3.67. The van der Waals surface area contributed by atoms with E-state index in [1.807, 2.05) is 20.8 Å². The van der Waals surface area contributed by atoms with Gasteiger partial charge in [0.2, 0.25) is 5.91 Å². The molecule has 1 fully saturated rings. The molecule has 1 saturated carbocycles. The molecule has 6 heteroatoms. The standard InChI is InChI=1S/C14H26F2N2O2/c1-9-11(17)5-4-10(14(9,2)3)13(20)18(6-7-19)8-12(15)16/h9-12,19H,4-8,17H2,1-3H3. The second-order valence-corrected chi connectivity index (χ2v) is 6.30. The van der Waals surface area contributed by atoms with E-state index in [-0.39, 0.29) is 42.4 Å². The van der Waals surface area contributed by atoms with Crippen LogP contribution >= 0.6 is 0 Å². The molecule has 0 heterocycles. The number of hydrogen-bond donors (Lipinski definition) is 2. The Labute approximate surface area is 119 Å². The quantitative estimate of drug-likeness (QED) is 0.806. The van der Waals surface area contributed by atoms with Crippen molar-refractivity contribution in [2.75, 3.05) is 19.7 Å². The molecule has 1 rings (SSSR count). The number of nitrogens with two attached hydrogens (primary N) is 1. The predicted molar refractivity (Wildman–Crippen MR) is 73.3 cm³/mol. The fraction of sp³-hybridized carbons (Fsp3) is 0.929. The summed E-state index contributed by atoms with van der Waals surface area (Å²) in [7, 11) is 0. The molecule has 1 amide bonds. The maximum absolute atomic E-state index is 12.6. The van der Waals surface area contributed by atoms with Crippen molar-refractivity contribution in [1.82, 2.24) is 4.90 Å². The number of alkyl halides is 2. The Hall–Kier alpha value is -0.750. The van der Waals surface area contributed by atoms with E-state index in [1.165, 1.54) is 0 Å². The summed E-state index contributed by atoms with van der Waals surface area (Å²) in [6.45, 7) is 4.98. The summed E-state index contributed by atoms with van der Waals surface area (Å²) in [6, 6.07) is 0.0374. The number of carbonyl (C=O) groups excluding carboxylic acids is 1. The Morgan fingerprint density at radius 2 is 2.05 bits per heavy atom. The average Bonchev–Trinajstić information content (AvgIpc) is 2.34. The summed E-state index contributed by atoms with van der Waals surface area (Å²) in [5, 5.41) is 8.96. The predicted octanol–water partition coefficient (Wildman–Crippen LogP) is 1.47. The van der Waals surface area contributed by atoms with Crippen LogP contribution in [0.5, 0.6) is 0 Å². The van der Waals surface area contributed by atoms with Crippen molar-refractivity contribution in [3.05, 3.63) is 0 Å². The van der Waals surface area contributed by atoms with Crippen molar-refractivity contribution < 1.29 is 18.7 Å². The molecule has 0 radical (unpaired) electrons. The first kappa shape index (κ1) is 17.3. The van der Waals surface area contributed by atoms with Gasteiger partial charge in [-0.1, -0.05) is 20.8 Å². The normalized spacial score (nSPS) is 29.5. The van der Waals surface area contributed by atoms with Gasteiger partial charge in [-0.05, 0) is 24.2 Å². The largest absolute Gasteiger partial charge is 0.395 e. The molecule has 118 valence electrons. The topological polar surface area (TPSA) is 66.6 Å². The Kier molecular flexibility index (Phi) is 5.89. The molecular formula is C14H26F2N2O2. The second kappa shape index (κ2) is 6.80. The highest BCUT2D eigenvalue weighted by Gasteiger charge is 2.46. The Balaban J connectivity index is 2.87. The number of aliphatic hydroxyl groups is 1. The first-order valence-corrected chi connectivity index (χ1v) is 7.15. The fourth-order valence-electron chi connectivity index (χ4n) is 3.09. The zero-order valence-electron chi connectivity index (χ0n) is 12.5. The minimum Gasteiger partial charge on any atom is -0.395 e. The van der Waals surface area contributed by atoms with Gasteiger partial charge in [0.15, 0.2) is 0 Å². The molecular weight excluding hydrogens is 266 g/mol. The van der Waals surface area contributed by atoms with Gasteiger partial charge in [0.05, 0.1) is 13.2 Å². The molecule has 0 saturated heterocycles. The van der Waals surface area contributed by atoms with E-state index in [0.29, 0.717) is 6.42 Å². The van der Waals surface area contributed by atoms with Crippen molar-refractivity contribution in [2.45, 2.75) is 46.1 Å². The van der Waals surface area contributed by atoms with Crippen LogP contribution in [0.1, 0.15) is 33.6 Å². The van der Waals surface area contributed by atoms with Gasteiger partial charge in [-0.3, -0.25) is 4.79 Å². The molecule has 0 spiro atoms. The van der Waals surface area contributed by atoms with Gasteiger partial charge < -0.3 is 15.7 Å². The number of nitrogens with zero attached hydrogens (tertiary/aromatic N) is 1. The maximum atomic E-state index is 12.6. The monoisotopic (exact) mass is 292 g/mol. The number of amides is 1. The second-order valence-electron chi connectivity index (χ2n) is 6.30. The zero-order chi connectivity index (χ0) is 15.5. The number of hydrogen-bond acceptors (Lipinski definition) is 3. The van der Waals surface area contributed by atoms with Crippen LogP contribution in [0, 0.1) is 17.3 Å². The SMILES string of the molecule is CC1C(N)CCC(C(=O)N(CCO)CC(F)F)C1(C)C. The van der Waals surface area contributed by atoms with Crippen LogP contribution < -0.4 is 5.73 Å². The van der Waals surface area contributed by atoms with Crippen LogP contribution in [0.4, 0.5) is 8.78 Å². The van der Waals surface area contributed by atoms with E-state index in [0.717, 1.165) is 11.3 Å². The van der Waals surface area contributed by atoms with Gasteiger partial charge in [-0.25, -0.2) is 8.78 Å². The molecule has 0 bridgehead atoms. The van der Waals surface area contributed by atoms with Crippen LogP contribution in [0.15, 0.2) is 0 Å². The van der Waals surface area contributed by atoms with E-state index < -0.39 is 13.0 Å². The summed E-state index contributed by atoms with van der Waals surface area (Å²) in [4.78, 5) is 13.6. The minimum absolute atomic E-state index is 0.0374. The van der Waals surface area contributed by atoms with Crippen LogP contribution in [0.2, 0.25) is 0 Å².